The van der Waals surface area contributed by atoms with Gasteiger partial charge in [-0.15, -0.1) is 0 Å². The second-order valence-corrected chi connectivity index (χ2v) is 7.35. The van der Waals surface area contributed by atoms with Crippen molar-refractivity contribution in [2.24, 2.45) is 0 Å². The third-order valence-electron chi connectivity index (χ3n) is 4.71. The van der Waals surface area contributed by atoms with Gasteiger partial charge in [0.1, 0.15) is 0 Å². The molecule has 1 aliphatic rings. The Morgan fingerprint density at radius 1 is 0.857 bits per heavy atom. The van der Waals surface area contributed by atoms with Crippen molar-refractivity contribution in [3.05, 3.63) is 35.9 Å². The fourth-order valence-electron chi connectivity index (χ4n) is 3.44. The van der Waals surface area contributed by atoms with Gasteiger partial charge in [0, 0.05) is 20.8 Å². The van der Waals surface area contributed by atoms with Crippen molar-refractivity contribution in [3.8, 4) is 0 Å². The Morgan fingerprint density at radius 3 is 1.91 bits per heavy atom. The summed E-state index contributed by atoms with van der Waals surface area (Å²) in [6.07, 6.45) is -9.30. The van der Waals surface area contributed by atoms with E-state index >= 15 is 0 Å². The first-order chi connectivity index (χ1) is 16.6. The average molecular weight is 496 g/mol. The second-order valence-electron chi connectivity index (χ2n) is 7.35. The fourth-order valence-corrected chi connectivity index (χ4v) is 3.44. The summed E-state index contributed by atoms with van der Waals surface area (Å²) in [5.41, 5.74) is 0.372. The summed E-state index contributed by atoms with van der Waals surface area (Å²) in [6, 6.07) is 8.22. The summed E-state index contributed by atoms with van der Waals surface area (Å²) < 4.78 is 37.2. The zero-order chi connectivity index (χ0) is 26.1. The molecule has 35 heavy (non-hydrogen) atoms. The van der Waals surface area contributed by atoms with Gasteiger partial charge in [0.2, 0.25) is 6.29 Å². The molecule has 6 atom stereocenters. The average Bonchev–Trinajstić information content (AvgIpc) is 2.79. The number of carbonyl (C=O) groups excluding carboxylic acids is 5. The maximum absolute atomic E-state index is 12.7. The van der Waals surface area contributed by atoms with Crippen molar-refractivity contribution in [2.45, 2.75) is 64.5 Å². The van der Waals surface area contributed by atoms with E-state index in [4.69, 9.17) is 33.2 Å². The summed E-state index contributed by atoms with van der Waals surface area (Å²) in [5.74, 6) is -4.27. The van der Waals surface area contributed by atoms with Gasteiger partial charge < -0.3 is 33.2 Å². The van der Waals surface area contributed by atoms with E-state index in [1.165, 1.54) is 0 Å². The third-order valence-corrected chi connectivity index (χ3v) is 4.71. The van der Waals surface area contributed by atoms with Crippen molar-refractivity contribution in [3.63, 3.8) is 0 Å². The molecular formula is C23H28O12. The van der Waals surface area contributed by atoms with Crippen LogP contribution in [0.3, 0.4) is 0 Å². The minimum absolute atomic E-state index is 0.0415. The van der Waals surface area contributed by atoms with Gasteiger partial charge >= 0.3 is 29.8 Å². The Kier molecular flexibility index (Phi) is 10.2. The highest BCUT2D eigenvalue weighted by molar-refractivity contribution is 5.78. The number of hydrogen-bond acceptors (Lipinski definition) is 12. The molecule has 1 heterocycles. The molecule has 0 N–H and O–H groups in total. The van der Waals surface area contributed by atoms with E-state index in [9.17, 15) is 24.0 Å². The highest BCUT2D eigenvalue weighted by Crippen LogP contribution is 2.33. The predicted octanol–water partition coefficient (Wildman–Crippen LogP) is 1.00. The van der Waals surface area contributed by atoms with E-state index in [0.29, 0.717) is 5.56 Å². The molecule has 0 radical (unpaired) electrons. The van der Waals surface area contributed by atoms with Crippen molar-refractivity contribution in [2.75, 3.05) is 13.7 Å². The Balaban J connectivity index is 2.56. The fraction of sp³-hybridized carbons (Fsp3) is 0.522. The van der Waals surface area contributed by atoms with E-state index in [1.807, 2.05) is 0 Å². The zero-order valence-electron chi connectivity index (χ0n) is 20.0. The van der Waals surface area contributed by atoms with Crippen LogP contribution in [0, 0.1) is 0 Å². The molecule has 0 amide bonds. The molecule has 0 aliphatic carbocycles. The van der Waals surface area contributed by atoms with Gasteiger partial charge in [-0.2, -0.15) is 0 Å². The lowest BCUT2D eigenvalue weighted by atomic mass is 9.97. The lowest BCUT2D eigenvalue weighted by molar-refractivity contribution is -0.310. The molecule has 1 fully saturated rings. The lowest BCUT2D eigenvalue weighted by Gasteiger charge is -2.43. The number of esters is 5. The Hall–Kier alpha value is -3.51. The summed E-state index contributed by atoms with van der Waals surface area (Å²) in [6.45, 7) is 4.86. The molecule has 0 unspecified atom stereocenters. The van der Waals surface area contributed by atoms with Crippen molar-refractivity contribution in [1.29, 1.82) is 0 Å². The molecule has 1 saturated heterocycles. The molecule has 0 bridgehead atoms. The SMILES string of the molecule is CCOC(=O)[C@@H](O[C@@H]1O[C@@H](C(=O)OC)[C@@H](OC(C)=O)[C@@H](OC(C)=O)[C@H]1OC(C)=O)c1ccccc1. The van der Waals surface area contributed by atoms with Crippen LogP contribution < -0.4 is 0 Å². The number of benzene rings is 1. The number of methoxy groups -OCH3 is 1. The van der Waals surface area contributed by atoms with Crippen LogP contribution in [-0.4, -0.2) is 74.3 Å². The Morgan fingerprint density at radius 2 is 1.40 bits per heavy atom. The van der Waals surface area contributed by atoms with Gasteiger partial charge in [-0.05, 0) is 12.5 Å². The summed E-state index contributed by atoms with van der Waals surface area (Å²) in [7, 11) is 1.07. The third kappa shape index (κ3) is 7.49. The van der Waals surface area contributed by atoms with Gasteiger partial charge in [0.15, 0.2) is 30.5 Å². The largest absolute Gasteiger partial charge is 0.467 e. The van der Waals surface area contributed by atoms with Crippen LogP contribution >= 0.6 is 0 Å². The van der Waals surface area contributed by atoms with Gasteiger partial charge in [-0.25, -0.2) is 9.59 Å². The molecule has 0 aromatic heterocycles. The van der Waals surface area contributed by atoms with Crippen LogP contribution in [0.2, 0.25) is 0 Å². The molecule has 2 rings (SSSR count). The molecule has 1 aromatic rings. The molecular weight excluding hydrogens is 468 g/mol. The topological polar surface area (TPSA) is 150 Å². The van der Waals surface area contributed by atoms with Crippen molar-refractivity contribution >= 4 is 29.8 Å². The highest BCUT2D eigenvalue weighted by Gasteiger charge is 2.56. The highest BCUT2D eigenvalue weighted by atomic mass is 16.7. The first kappa shape index (κ1) is 27.7. The number of hydrogen-bond donors (Lipinski definition) is 0. The van der Waals surface area contributed by atoms with E-state index in [0.717, 1.165) is 27.9 Å². The number of ether oxygens (including phenoxy) is 7. The summed E-state index contributed by atoms with van der Waals surface area (Å²) >= 11 is 0. The van der Waals surface area contributed by atoms with Crippen LogP contribution in [0.5, 0.6) is 0 Å². The number of rotatable bonds is 9. The first-order valence-electron chi connectivity index (χ1n) is 10.7. The smallest absolute Gasteiger partial charge is 0.340 e. The maximum Gasteiger partial charge on any atom is 0.340 e. The van der Waals surface area contributed by atoms with Gasteiger partial charge in [0.05, 0.1) is 13.7 Å². The second kappa shape index (κ2) is 12.8. The molecule has 1 aliphatic heterocycles. The normalized spacial score (nSPS) is 24.4. The molecule has 12 nitrogen and oxygen atoms in total. The standard InChI is InChI=1S/C23H28O12/c1-6-30-22(28)16(15-10-8-7-9-11-15)34-23-20(33-14(4)26)18(32-13(3)25)17(31-12(2)24)19(35-23)21(27)29-5/h7-11,16-20,23H,6H2,1-5H3/t16-,17-,18+,19+,20+,23+/m0/s1. The van der Waals surface area contributed by atoms with Crippen molar-refractivity contribution in [1.82, 2.24) is 0 Å². The molecule has 0 spiro atoms. The number of carbonyl (C=O) groups is 5. The summed E-state index contributed by atoms with van der Waals surface area (Å²) in [4.78, 5) is 60.8. The van der Waals surface area contributed by atoms with Crippen LogP contribution in [0.15, 0.2) is 30.3 Å². The van der Waals surface area contributed by atoms with Gasteiger partial charge in [-0.1, -0.05) is 30.3 Å². The van der Waals surface area contributed by atoms with Gasteiger partial charge in [0.25, 0.3) is 0 Å². The monoisotopic (exact) mass is 496 g/mol. The Bertz CT molecular complexity index is 914. The van der Waals surface area contributed by atoms with Gasteiger partial charge in [-0.3, -0.25) is 14.4 Å². The molecule has 1 aromatic carbocycles. The zero-order valence-corrected chi connectivity index (χ0v) is 20.0. The van der Waals surface area contributed by atoms with Crippen LogP contribution in [-0.2, 0) is 57.1 Å². The van der Waals surface area contributed by atoms with E-state index in [1.54, 1.807) is 37.3 Å². The van der Waals surface area contributed by atoms with Crippen LogP contribution in [0.4, 0.5) is 0 Å². The van der Waals surface area contributed by atoms with Crippen molar-refractivity contribution < 1.29 is 57.1 Å². The minimum atomic E-state index is -1.65. The van der Waals surface area contributed by atoms with E-state index in [2.05, 4.69) is 0 Å². The molecule has 0 saturated carbocycles. The molecule has 192 valence electrons. The molecule has 12 heteroatoms. The van der Waals surface area contributed by atoms with E-state index < -0.39 is 66.7 Å². The quantitative estimate of drug-likeness (QED) is 0.354. The minimum Gasteiger partial charge on any atom is -0.467 e. The van der Waals surface area contributed by atoms with Crippen LogP contribution in [0.1, 0.15) is 39.4 Å². The summed E-state index contributed by atoms with van der Waals surface area (Å²) in [5, 5.41) is 0. The van der Waals surface area contributed by atoms with E-state index in [-0.39, 0.29) is 6.61 Å². The predicted molar refractivity (Wildman–Crippen MR) is 114 cm³/mol. The van der Waals surface area contributed by atoms with Crippen LogP contribution in [0.25, 0.3) is 0 Å². The first-order valence-corrected chi connectivity index (χ1v) is 10.7. The maximum atomic E-state index is 12.7. The lowest BCUT2D eigenvalue weighted by Crippen LogP contribution is -2.64. The Labute approximate surface area is 201 Å².